The van der Waals surface area contributed by atoms with Gasteiger partial charge >= 0.3 is 0 Å². The van der Waals surface area contributed by atoms with Crippen LogP contribution in [0.3, 0.4) is 0 Å². The van der Waals surface area contributed by atoms with Gasteiger partial charge in [0.1, 0.15) is 0 Å². The molecule has 0 spiro atoms. The largest absolute Gasteiger partial charge is 0.390 e. The maximum Gasteiger partial charge on any atom is 0.0854 e. The van der Waals surface area contributed by atoms with Gasteiger partial charge in [0.05, 0.1) is 24.6 Å². The summed E-state index contributed by atoms with van der Waals surface area (Å²) in [6.45, 7) is -0.0192. The predicted octanol–water partition coefficient (Wildman–Crippen LogP) is 0.800. The van der Waals surface area contributed by atoms with Crippen molar-refractivity contribution >= 4 is 0 Å². The number of aliphatic hydroxyl groups excluding tert-OH is 2. The average Bonchev–Trinajstić information content (AvgIpc) is 2.82. The zero-order valence-corrected chi connectivity index (χ0v) is 8.59. The van der Waals surface area contributed by atoms with E-state index in [0.717, 1.165) is 17.1 Å². The first kappa shape index (κ1) is 10.0. The predicted molar refractivity (Wildman–Crippen MR) is 56.6 cm³/mol. The molecule has 0 aliphatic carbocycles. The Morgan fingerprint density at radius 3 is 2.60 bits per heavy atom. The van der Waals surface area contributed by atoms with Crippen LogP contribution in [0, 0.1) is 0 Å². The molecule has 0 saturated carbocycles. The second-order valence-corrected chi connectivity index (χ2v) is 3.44. The molecule has 2 N–H and O–H groups in total. The summed E-state index contributed by atoms with van der Waals surface area (Å²) in [4.78, 5) is 0. The van der Waals surface area contributed by atoms with Crippen LogP contribution in [0.15, 0.2) is 30.6 Å². The van der Waals surface area contributed by atoms with Crippen molar-refractivity contribution in [2.45, 2.75) is 13.2 Å². The first-order valence-corrected chi connectivity index (χ1v) is 4.80. The highest BCUT2D eigenvalue weighted by molar-refractivity contribution is 5.40. The van der Waals surface area contributed by atoms with Gasteiger partial charge in [-0.05, 0) is 18.2 Å². The van der Waals surface area contributed by atoms with Crippen molar-refractivity contribution in [2.24, 2.45) is 7.05 Å². The normalized spacial score (nSPS) is 10.9. The van der Waals surface area contributed by atoms with E-state index in [9.17, 15) is 5.11 Å². The van der Waals surface area contributed by atoms with Crippen LogP contribution in [0.2, 0.25) is 0 Å². The lowest BCUT2D eigenvalue weighted by atomic mass is 10.3. The molecule has 0 aliphatic rings. The number of aliphatic hydroxyl groups is 2. The highest BCUT2D eigenvalue weighted by atomic mass is 16.3. The van der Waals surface area contributed by atoms with Gasteiger partial charge in [-0.1, -0.05) is 0 Å². The number of aromatic nitrogens is 2. The Hall–Kier alpha value is -1.52. The van der Waals surface area contributed by atoms with E-state index >= 15 is 0 Å². The van der Waals surface area contributed by atoms with E-state index in [2.05, 4.69) is 0 Å². The first-order valence-electron chi connectivity index (χ1n) is 4.80. The van der Waals surface area contributed by atoms with E-state index < -0.39 is 0 Å². The number of hydrogen-bond donors (Lipinski definition) is 2. The molecule has 0 aromatic carbocycles. The summed E-state index contributed by atoms with van der Waals surface area (Å²) in [5.74, 6) is 0. The molecule has 2 rings (SSSR count). The fraction of sp³-hybridized carbons (Fsp3) is 0.273. The Kier molecular flexibility index (Phi) is 2.62. The Bertz CT molecular complexity index is 457. The molecule has 0 radical (unpaired) electrons. The van der Waals surface area contributed by atoms with E-state index in [-0.39, 0.29) is 13.2 Å². The summed E-state index contributed by atoms with van der Waals surface area (Å²) in [6, 6.07) is 5.65. The van der Waals surface area contributed by atoms with Crippen molar-refractivity contribution in [2.75, 3.05) is 0 Å². The minimum atomic E-state index is -0.0120. The maximum absolute atomic E-state index is 9.25. The minimum absolute atomic E-state index is 0.00718. The Morgan fingerprint density at radius 2 is 1.93 bits per heavy atom. The fourth-order valence-corrected chi connectivity index (χ4v) is 1.74. The van der Waals surface area contributed by atoms with Crippen LogP contribution in [-0.4, -0.2) is 19.3 Å². The van der Waals surface area contributed by atoms with Gasteiger partial charge in [-0.3, -0.25) is 0 Å². The molecule has 0 aliphatic heterocycles. The van der Waals surface area contributed by atoms with Gasteiger partial charge in [-0.2, -0.15) is 0 Å². The van der Waals surface area contributed by atoms with Crippen LogP contribution < -0.4 is 0 Å². The van der Waals surface area contributed by atoms with Crippen molar-refractivity contribution in [1.82, 2.24) is 9.13 Å². The van der Waals surface area contributed by atoms with Crippen LogP contribution in [-0.2, 0) is 20.3 Å². The first-order chi connectivity index (χ1) is 7.27. The smallest absolute Gasteiger partial charge is 0.0854 e. The summed E-state index contributed by atoms with van der Waals surface area (Å²) in [6.07, 6.45) is 3.77. The monoisotopic (exact) mass is 206 g/mol. The SMILES string of the molecule is Cn1ccc(-n2cccc2CO)c1CO. The molecule has 0 unspecified atom stereocenters. The third kappa shape index (κ3) is 1.58. The van der Waals surface area contributed by atoms with Gasteiger partial charge in [0, 0.05) is 25.1 Å². The Labute approximate surface area is 88.0 Å². The standard InChI is InChI=1S/C11H14N2O2/c1-12-6-4-10(11(12)8-15)13-5-2-3-9(13)7-14/h2-6,14-15H,7-8H2,1H3. The highest BCUT2D eigenvalue weighted by Crippen LogP contribution is 2.18. The zero-order valence-electron chi connectivity index (χ0n) is 8.59. The van der Waals surface area contributed by atoms with Crippen LogP contribution in [0.25, 0.3) is 5.69 Å². The number of nitrogens with zero attached hydrogens (tertiary/aromatic N) is 2. The molecule has 0 saturated heterocycles. The van der Waals surface area contributed by atoms with Crippen LogP contribution in [0.4, 0.5) is 0 Å². The van der Waals surface area contributed by atoms with Crippen molar-refractivity contribution in [3.05, 3.63) is 42.0 Å². The summed E-state index contributed by atoms with van der Waals surface area (Å²) in [5, 5.41) is 18.4. The van der Waals surface area contributed by atoms with Crippen LogP contribution in [0.5, 0.6) is 0 Å². The number of hydrogen-bond acceptors (Lipinski definition) is 2. The average molecular weight is 206 g/mol. The Morgan fingerprint density at radius 1 is 1.13 bits per heavy atom. The molecule has 0 fully saturated rings. The summed E-state index contributed by atoms with van der Waals surface area (Å²) < 4.78 is 3.75. The molecule has 0 amide bonds. The second kappa shape index (κ2) is 3.92. The van der Waals surface area contributed by atoms with Gasteiger partial charge in [0.15, 0.2) is 0 Å². The minimum Gasteiger partial charge on any atom is -0.390 e. The molecule has 80 valence electrons. The topological polar surface area (TPSA) is 50.3 Å². The van der Waals surface area contributed by atoms with Gasteiger partial charge in [-0.25, -0.2) is 0 Å². The van der Waals surface area contributed by atoms with Crippen LogP contribution in [0.1, 0.15) is 11.4 Å². The lowest BCUT2D eigenvalue weighted by molar-refractivity contribution is 0.268. The lowest BCUT2D eigenvalue weighted by Gasteiger charge is -2.08. The number of aryl methyl sites for hydroxylation is 1. The lowest BCUT2D eigenvalue weighted by Crippen LogP contribution is -2.03. The second-order valence-electron chi connectivity index (χ2n) is 3.44. The summed E-state index contributed by atoms with van der Waals surface area (Å²) in [7, 11) is 1.89. The molecular weight excluding hydrogens is 192 g/mol. The third-order valence-corrected chi connectivity index (χ3v) is 2.58. The molecular formula is C11H14N2O2. The van der Waals surface area contributed by atoms with Gasteiger partial charge in [0.25, 0.3) is 0 Å². The molecule has 0 atom stereocenters. The molecule has 2 aromatic heterocycles. The molecule has 0 bridgehead atoms. The Balaban J connectivity index is 2.53. The molecule has 4 nitrogen and oxygen atoms in total. The van der Waals surface area contributed by atoms with Gasteiger partial charge in [0.2, 0.25) is 0 Å². The van der Waals surface area contributed by atoms with E-state index in [1.54, 1.807) is 0 Å². The summed E-state index contributed by atoms with van der Waals surface area (Å²) >= 11 is 0. The fourth-order valence-electron chi connectivity index (χ4n) is 1.74. The molecule has 15 heavy (non-hydrogen) atoms. The zero-order chi connectivity index (χ0) is 10.8. The van der Waals surface area contributed by atoms with Crippen LogP contribution >= 0.6 is 0 Å². The maximum atomic E-state index is 9.25. The van der Waals surface area contributed by atoms with E-state index in [1.807, 2.05) is 46.8 Å². The molecule has 2 aromatic rings. The number of rotatable bonds is 3. The van der Waals surface area contributed by atoms with E-state index in [4.69, 9.17) is 5.11 Å². The van der Waals surface area contributed by atoms with E-state index in [0.29, 0.717) is 0 Å². The molecule has 2 heterocycles. The van der Waals surface area contributed by atoms with E-state index in [1.165, 1.54) is 0 Å². The van der Waals surface area contributed by atoms with Gasteiger partial charge in [-0.15, -0.1) is 0 Å². The van der Waals surface area contributed by atoms with Gasteiger partial charge < -0.3 is 19.3 Å². The molecule has 4 heteroatoms. The van der Waals surface area contributed by atoms with Crippen molar-refractivity contribution in [3.8, 4) is 5.69 Å². The third-order valence-electron chi connectivity index (χ3n) is 2.58. The van der Waals surface area contributed by atoms with Crippen molar-refractivity contribution in [1.29, 1.82) is 0 Å². The summed E-state index contributed by atoms with van der Waals surface area (Å²) in [5.41, 5.74) is 2.56. The highest BCUT2D eigenvalue weighted by Gasteiger charge is 2.09. The van der Waals surface area contributed by atoms with Crippen molar-refractivity contribution in [3.63, 3.8) is 0 Å². The quantitative estimate of drug-likeness (QED) is 0.780. The van der Waals surface area contributed by atoms with Crippen molar-refractivity contribution < 1.29 is 10.2 Å².